The Balaban J connectivity index is 2.94. The normalized spacial score (nSPS) is 10.6. The highest BCUT2D eigenvalue weighted by Crippen LogP contribution is 2.02. The first-order chi connectivity index (χ1) is 5.41. The number of hydrogen-bond acceptors (Lipinski definition) is 0. The van der Waals surface area contributed by atoms with E-state index in [0.717, 1.165) is 6.42 Å². The molecule has 0 heterocycles. The lowest BCUT2D eigenvalue weighted by molar-refractivity contribution is 0.674. The molecule has 0 aliphatic rings. The zero-order valence-electron chi connectivity index (χ0n) is 7.68. The van der Waals surface area contributed by atoms with Gasteiger partial charge in [0.1, 0.15) is 0 Å². The van der Waals surface area contributed by atoms with Crippen LogP contribution in [0.25, 0.3) is 0 Å². The number of rotatable bonds is 7. The van der Waals surface area contributed by atoms with Crippen LogP contribution in [0.15, 0.2) is 24.8 Å². The second-order valence-corrected chi connectivity index (χ2v) is 2.85. The summed E-state index contributed by atoms with van der Waals surface area (Å²) in [6.45, 7) is 5.90. The molecule has 0 atom stereocenters. The molecule has 0 fully saturated rings. The van der Waals surface area contributed by atoms with Crippen molar-refractivity contribution in [3.63, 3.8) is 0 Å². The predicted molar refractivity (Wildman–Crippen MR) is 52.7 cm³/mol. The molecule has 64 valence electrons. The highest BCUT2D eigenvalue weighted by atomic mass is 13.9. The van der Waals surface area contributed by atoms with Crippen molar-refractivity contribution in [3.8, 4) is 0 Å². The van der Waals surface area contributed by atoms with Gasteiger partial charge in [0.05, 0.1) is 0 Å². The van der Waals surface area contributed by atoms with Gasteiger partial charge in [-0.3, -0.25) is 0 Å². The molecule has 0 aromatic rings. The van der Waals surface area contributed by atoms with E-state index in [9.17, 15) is 0 Å². The Bertz CT molecular complexity index is 101. The summed E-state index contributed by atoms with van der Waals surface area (Å²) in [4.78, 5) is 0. The van der Waals surface area contributed by atoms with Crippen molar-refractivity contribution in [2.24, 2.45) is 0 Å². The third-order valence-corrected chi connectivity index (χ3v) is 1.69. The molecule has 0 saturated carbocycles. The lowest BCUT2D eigenvalue weighted by atomic mass is 10.1. The lowest BCUT2D eigenvalue weighted by Crippen LogP contribution is -1.73. The highest BCUT2D eigenvalue weighted by molar-refractivity contribution is 4.87. The maximum absolute atomic E-state index is 3.66. The Morgan fingerprint density at radius 2 is 1.91 bits per heavy atom. The van der Waals surface area contributed by atoms with Crippen molar-refractivity contribution >= 4 is 0 Å². The van der Waals surface area contributed by atoms with E-state index in [1.165, 1.54) is 32.1 Å². The molecule has 0 saturated heterocycles. The van der Waals surface area contributed by atoms with Gasteiger partial charge in [-0.25, -0.2) is 0 Å². The lowest BCUT2D eigenvalue weighted by Gasteiger charge is -1.93. The maximum Gasteiger partial charge on any atom is -0.0172 e. The summed E-state index contributed by atoms with van der Waals surface area (Å²) in [6.07, 6.45) is 14.1. The van der Waals surface area contributed by atoms with Crippen LogP contribution in [0.4, 0.5) is 0 Å². The summed E-state index contributed by atoms with van der Waals surface area (Å²) in [5.74, 6) is 0. The molecule has 0 bridgehead atoms. The molecule has 0 aliphatic carbocycles. The summed E-state index contributed by atoms with van der Waals surface area (Å²) in [7, 11) is 0. The van der Waals surface area contributed by atoms with E-state index in [-0.39, 0.29) is 0 Å². The molecule has 0 N–H and O–H groups in total. The second kappa shape index (κ2) is 9.48. The van der Waals surface area contributed by atoms with Gasteiger partial charge in [-0.05, 0) is 19.3 Å². The van der Waals surface area contributed by atoms with Crippen molar-refractivity contribution < 1.29 is 0 Å². The van der Waals surface area contributed by atoms with Gasteiger partial charge in [0, 0.05) is 0 Å². The number of unbranched alkanes of at least 4 members (excludes halogenated alkanes) is 4. The summed E-state index contributed by atoms with van der Waals surface area (Å²) in [5, 5.41) is 0. The Hall–Kier alpha value is -0.520. The van der Waals surface area contributed by atoms with Gasteiger partial charge in [-0.2, -0.15) is 0 Å². The molecule has 0 aliphatic heterocycles. The van der Waals surface area contributed by atoms with E-state index in [2.05, 4.69) is 25.7 Å². The standard InChI is InChI=1S/C11H20/c1-3-5-7-9-11-10-8-6-4-2/h3,7,9H,1,4-6,8,10-11H2,2H3. The van der Waals surface area contributed by atoms with Crippen LogP contribution in [0.1, 0.15) is 45.4 Å². The first kappa shape index (κ1) is 10.5. The molecule has 0 aromatic heterocycles. The molecular weight excluding hydrogens is 132 g/mol. The fourth-order valence-corrected chi connectivity index (χ4v) is 0.999. The van der Waals surface area contributed by atoms with Crippen LogP contribution in [0.2, 0.25) is 0 Å². The van der Waals surface area contributed by atoms with Gasteiger partial charge in [0.2, 0.25) is 0 Å². The number of allylic oxidation sites excluding steroid dienone is 3. The summed E-state index contributed by atoms with van der Waals surface area (Å²) in [6, 6.07) is 0. The fourth-order valence-electron chi connectivity index (χ4n) is 0.999. The average Bonchev–Trinajstić information content (AvgIpc) is 2.03. The van der Waals surface area contributed by atoms with Gasteiger partial charge < -0.3 is 0 Å². The van der Waals surface area contributed by atoms with Crippen LogP contribution >= 0.6 is 0 Å². The van der Waals surface area contributed by atoms with Crippen molar-refractivity contribution in [2.45, 2.75) is 45.4 Å². The van der Waals surface area contributed by atoms with E-state index in [0.29, 0.717) is 0 Å². The van der Waals surface area contributed by atoms with Crippen LogP contribution in [-0.4, -0.2) is 0 Å². The Morgan fingerprint density at radius 3 is 2.55 bits per heavy atom. The quantitative estimate of drug-likeness (QED) is 0.381. The van der Waals surface area contributed by atoms with Crippen molar-refractivity contribution in [2.75, 3.05) is 0 Å². The fraction of sp³-hybridized carbons (Fsp3) is 0.636. The third kappa shape index (κ3) is 9.48. The minimum atomic E-state index is 1.02. The highest BCUT2D eigenvalue weighted by Gasteiger charge is 1.83. The van der Waals surface area contributed by atoms with Gasteiger partial charge in [0.25, 0.3) is 0 Å². The first-order valence-corrected chi connectivity index (χ1v) is 4.67. The minimum Gasteiger partial charge on any atom is -0.103 e. The van der Waals surface area contributed by atoms with Gasteiger partial charge in [0.15, 0.2) is 0 Å². The van der Waals surface area contributed by atoms with Crippen molar-refractivity contribution in [3.05, 3.63) is 24.8 Å². The van der Waals surface area contributed by atoms with E-state index in [1.54, 1.807) is 0 Å². The van der Waals surface area contributed by atoms with Crippen LogP contribution in [0.5, 0.6) is 0 Å². The van der Waals surface area contributed by atoms with Gasteiger partial charge in [-0.15, -0.1) is 6.58 Å². The maximum atomic E-state index is 3.66. The zero-order chi connectivity index (χ0) is 8.36. The monoisotopic (exact) mass is 152 g/mol. The molecule has 0 rings (SSSR count). The number of hydrogen-bond donors (Lipinski definition) is 0. The smallest absolute Gasteiger partial charge is 0.0172 e. The van der Waals surface area contributed by atoms with E-state index < -0.39 is 0 Å². The van der Waals surface area contributed by atoms with Crippen LogP contribution in [-0.2, 0) is 0 Å². The summed E-state index contributed by atoms with van der Waals surface area (Å²) >= 11 is 0. The van der Waals surface area contributed by atoms with Crippen LogP contribution in [0.3, 0.4) is 0 Å². The summed E-state index contributed by atoms with van der Waals surface area (Å²) in [5.41, 5.74) is 0. The van der Waals surface area contributed by atoms with Gasteiger partial charge >= 0.3 is 0 Å². The van der Waals surface area contributed by atoms with Crippen molar-refractivity contribution in [1.29, 1.82) is 0 Å². The molecular formula is C11H20. The van der Waals surface area contributed by atoms with Crippen LogP contribution in [0, 0.1) is 0 Å². The van der Waals surface area contributed by atoms with Crippen LogP contribution < -0.4 is 0 Å². The topological polar surface area (TPSA) is 0 Å². The molecule has 0 nitrogen and oxygen atoms in total. The Morgan fingerprint density at radius 1 is 1.09 bits per heavy atom. The van der Waals surface area contributed by atoms with E-state index in [4.69, 9.17) is 0 Å². The molecule has 0 aromatic carbocycles. The second-order valence-electron chi connectivity index (χ2n) is 2.85. The van der Waals surface area contributed by atoms with Gasteiger partial charge in [-0.1, -0.05) is 44.4 Å². The predicted octanol–water partition coefficient (Wildman–Crippen LogP) is 4.09. The van der Waals surface area contributed by atoms with Crippen molar-refractivity contribution in [1.82, 2.24) is 0 Å². The molecule has 0 heteroatoms. The Labute approximate surface area is 71.0 Å². The minimum absolute atomic E-state index is 1.02. The zero-order valence-corrected chi connectivity index (χ0v) is 7.68. The largest absolute Gasteiger partial charge is 0.103 e. The molecule has 0 amide bonds. The third-order valence-electron chi connectivity index (χ3n) is 1.69. The molecule has 11 heavy (non-hydrogen) atoms. The summed E-state index contributed by atoms with van der Waals surface area (Å²) < 4.78 is 0. The first-order valence-electron chi connectivity index (χ1n) is 4.67. The SMILES string of the molecule is C=CCC=CCCCCCC. The molecule has 0 spiro atoms. The average molecular weight is 152 g/mol. The Kier molecular flexibility index (Phi) is 9.03. The van der Waals surface area contributed by atoms with E-state index >= 15 is 0 Å². The molecule has 0 radical (unpaired) electrons. The van der Waals surface area contributed by atoms with E-state index in [1.807, 2.05) is 6.08 Å². The molecule has 0 unspecified atom stereocenters.